The molecule has 1 unspecified atom stereocenters. The zero-order chi connectivity index (χ0) is 17.8. The molecule has 4 aliphatic carbocycles. The summed E-state index contributed by atoms with van der Waals surface area (Å²) in [7, 11) is 0. The molecule has 0 aliphatic heterocycles. The second kappa shape index (κ2) is 5.93. The molecule has 136 valence electrons. The van der Waals surface area contributed by atoms with E-state index in [1.165, 1.54) is 12.0 Å². The molecule has 0 aromatic rings. The molecule has 4 rings (SSSR count). The first-order valence-electron chi connectivity index (χ1n) is 10.3. The van der Waals surface area contributed by atoms with E-state index in [1.807, 2.05) is 6.08 Å². The Balaban J connectivity index is 1.71. The Morgan fingerprint density at radius 2 is 1.92 bits per heavy atom. The molecule has 0 radical (unpaired) electrons. The zero-order valence-corrected chi connectivity index (χ0v) is 16.0. The predicted molar refractivity (Wildman–Crippen MR) is 100 cm³/mol. The Hall–Kier alpha value is -1.18. The minimum Gasteiger partial charge on any atom is -0.299 e. The van der Waals surface area contributed by atoms with Crippen molar-refractivity contribution in [2.45, 2.75) is 72.1 Å². The predicted octanol–water partition coefficient (Wildman–Crippen LogP) is 5.28. The lowest BCUT2D eigenvalue weighted by Crippen LogP contribution is -2.51. The Bertz CT molecular complexity index is 657. The molecule has 2 nitrogen and oxygen atoms in total. The maximum Gasteiger partial charge on any atom is 0.155 e. The summed E-state index contributed by atoms with van der Waals surface area (Å²) in [4.78, 5) is 24.8. The van der Waals surface area contributed by atoms with Gasteiger partial charge in [-0.15, -0.1) is 0 Å². The summed E-state index contributed by atoms with van der Waals surface area (Å²) in [5.41, 5.74) is 1.51. The zero-order valence-electron chi connectivity index (χ0n) is 16.0. The highest BCUT2D eigenvalue weighted by Crippen LogP contribution is 2.65. The number of rotatable bonds is 2. The fourth-order valence-corrected chi connectivity index (χ4v) is 7.00. The normalized spacial score (nSPS) is 46.6. The second-order valence-corrected chi connectivity index (χ2v) is 9.47. The van der Waals surface area contributed by atoms with Crippen LogP contribution in [0.25, 0.3) is 0 Å². The van der Waals surface area contributed by atoms with Gasteiger partial charge < -0.3 is 0 Å². The minimum absolute atomic E-state index is 0.105. The first kappa shape index (κ1) is 17.2. The molecule has 3 fully saturated rings. The van der Waals surface area contributed by atoms with E-state index in [4.69, 9.17) is 0 Å². The fraction of sp³-hybridized carbons (Fsp3) is 0.739. The van der Waals surface area contributed by atoms with Crippen LogP contribution >= 0.6 is 0 Å². The van der Waals surface area contributed by atoms with Gasteiger partial charge in [0.1, 0.15) is 5.78 Å². The third-order valence-electron chi connectivity index (χ3n) is 8.35. The molecule has 3 saturated carbocycles. The molecule has 0 spiro atoms. The van der Waals surface area contributed by atoms with E-state index in [0.717, 1.165) is 38.5 Å². The number of carbonyl (C=O) groups is 2. The minimum atomic E-state index is -0.105. The lowest BCUT2D eigenvalue weighted by Gasteiger charge is -2.57. The van der Waals surface area contributed by atoms with Crippen molar-refractivity contribution in [2.24, 2.45) is 34.5 Å². The molecule has 25 heavy (non-hydrogen) atoms. The van der Waals surface area contributed by atoms with Crippen LogP contribution in [-0.4, -0.2) is 11.6 Å². The third kappa shape index (κ3) is 2.43. The SMILES string of the molecule is CCC=CC1CC(=O)[C@@]2(C)CC[C@@H]3[C@@H](CCC4=CC(=O)CC[C@@]43C)[C@H]12. The van der Waals surface area contributed by atoms with Crippen LogP contribution in [0, 0.1) is 34.5 Å². The molecular weight excluding hydrogens is 308 g/mol. The average Bonchev–Trinajstić information content (AvgIpc) is 2.84. The highest BCUT2D eigenvalue weighted by molar-refractivity contribution is 5.91. The van der Waals surface area contributed by atoms with E-state index in [1.54, 1.807) is 0 Å². The monoisotopic (exact) mass is 340 g/mol. The van der Waals surface area contributed by atoms with Crippen LogP contribution in [0.1, 0.15) is 72.1 Å². The molecule has 0 heterocycles. The number of allylic oxidation sites excluding steroid dienone is 3. The van der Waals surface area contributed by atoms with Gasteiger partial charge in [-0.05, 0) is 73.7 Å². The van der Waals surface area contributed by atoms with Gasteiger partial charge in [0.25, 0.3) is 0 Å². The van der Waals surface area contributed by atoms with Crippen LogP contribution in [0.15, 0.2) is 23.8 Å². The summed E-state index contributed by atoms with van der Waals surface area (Å²) >= 11 is 0. The lowest BCUT2D eigenvalue weighted by molar-refractivity contribution is -0.132. The maximum absolute atomic E-state index is 12.9. The summed E-state index contributed by atoms with van der Waals surface area (Å²) in [6.07, 6.45) is 14.6. The molecule has 0 saturated heterocycles. The highest BCUT2D eigenvalue weighted by atomic mass is 16.1. The van der Waals surface area contributed by atoms with E-state index >= 15 is 0 Å². The molecule has 4 aliphatic rings. The summed E-state index contributed by atoms with van der Waals surface area (Å²) < 4.78 is 0. The second-order valence-electron chi connectivity index (χ2n) is 9.47. The lowest BCUT2D eigenvalue weighted by atomic mass is 9.46. The first-order chi connectivity index (χ1) is 11.9. The molecule has 0 N–H and O–H groups in total. The Morgan fingerprint density at radius 3 is 2.68 bits per heavy atom. The van der Waals surface area contributed by atoms with Crippen LogP contribution < -0.4 is 0 Å². The largest absolute Gasteiger partial charge is 0.299 e. The molecular formula is C23H32O2. The summed E-state index contributed by atoms with van der Waals surface area (Å²) in [6.45, 7) is 6.85. The van der Waals surface area contributed by atoms with Crippen molar-refractivity contribution in [3.63, 3.8) is 0 Å². The standard InChI is InChI=1S/C23H32O2/c1-4-5-6-15-13-20(25)23(3)12-10-19-18(21(15)23)8-7-16-14-17(24)9-11-22(16,19)2/h5-6,14-15,18-19,21H,4,7-13H2,1-3H3/t15?,18-,19-,21+,22+,23-/m1/s1. The Kier molecular flexibility index (Phi) is 4.09. The van der Waals surface area contributed by atoms with Gasteiger partial charge in [0.05, 0.1) is 0 Å². The van der Waals surface area contributed by atoms with Crippen LogP contribution in [-0.2, 0) is 9.59 Å². The van der Waals surface area contributed by atoms with E-state index in [2.05, 4.69) is 32.9 Å². The van der Waals surface area contributed by atoms with Crippen molar-refractivity contribution < 1.29 is 9.59 Å². The van der Waals surface area contributed by atoms with E-state index in [-0.39, 0.29) is 10.8 Å². The smallest absolute Gasteiger partial charge is 0.155 e. The van der Waals surface area contributed by atoms with E-state index in [0.29, 0.717) is 41.7 Å². The summed E-state index contributed by atoms with van der Waals surface area (Å²) in [6, 6.07) is 0. The van der Waals surface area contributed by atoms with Crippen molar-refractivity contribution >= 4 is 11.6 Å². The number of Topliss-reactive ketones (excluding diaryl/α,β-unsaturated/α-hetero) is 1. The van der Waals surface area contributed by atoms with Gasteiger partial charge in [0.2, 0.25) is 0 Å². The van der Waals surface area contributed by atoms with Crippen LogP contribution in [0.5, 0.6) is 0 Å². The highest BCUT2D eigenvalue weighted by Gasteiger charge is 2.61. The van der Waals surface area contributed by atoms with Gasteiger partial charge in [0, 0.05) is 18.3 Å². The van der Waals surface area contributed by atoms with Gasteiger partial charge >= 0.3 is 0 Å². The molecule has 0 aromatic heterocycles. The van der Waals surface area contributed by atoms with Gasteiger partial charge in [-0.1, -0.05) is 38.5 Å². The number of fused-ring (bicyclic) bond motifs is 5. The van der Waals surface area contributed by atoms with Crippen molar-refractivity contribution in [1.82, 2.24) is 0 Å². The summed E-state index contributed by atoms with van der Waals surface area (Å²) in [5, 5.41) is 0. The molecule has 0 aromatic carbocycles. The summed E-state index contributed by atoms with van der Waals surface area (Å²) in [5.74, 6) is 3.08. The number of hydrogen-bond donors (Lipinski definition) is 0. The number of carbonyl (C=O) groups excluding carboxylic acids is 2. The molecule has 0 bridgehead atoms. The Morgan fingerprint density at radius 1 is 1.12 bits per heavy atom. The van der Waals surface area contributed by atoms with Crippen molar-refractivity contribution in [3.8, 4) is 0 Å². The van der Waals surface area contributed by atoms with Crippen molar-refractivity contribution in [1.29, 1.82) is 0 Å². The van der Waals surface area contributed by atoms with Gasteiger partial charge in [-0.25, -0.2) is 0 Å². The average molecular weight is 341 g/mol. The van der Waals surface area contributed by atoms with E-state index < -0.39 is 0 Å². The van der Waals surface area contributed by atoms with Crippen molar-refractivity contribution in [2.75, 3.05) is 0 Å². The molecule has 2 heteroatoms. The Labute approximate surface area is 152 Å². The number of ketones is 2. The first-order valence-corrected chi connectivity index (χ1v) is 10.3. The number of hydrogen-bond acceptors (Lipinski definition) is 2. The topological polar surface area (TPSA) is 34.1 Å². The van der Waals surface area contributed by atoms with Gasteiger partial charge in [-0.2, -0.15) is 0 Å². The van der Waals surface area contributed by atoms with Crippen molar-refractivity contribution in [3.05, 3.63) is 23.8 Å². The maximum atomic E-state index is 12.9. The van der Waals surface area contributed by atoms with E-state index in [9.17, 15) is 9.59 Å². The van der Waals surface area contributed by atoms with Crippen LogP contribution in [0.3, 0.4) is 0 Å². The molecule has 6 atom stereocenters. The van der Waals surface area contributed by atoms with Gasteiger partial charge in [-0.3, -0.25) is 9.59 Å². The van der Waals surface area contributed by atoms with Crippen LogP contribution in [0.2, 0.25) is 0 Å². The quantitative estimate of drug-likeness (QED) is 0.641. The third-order valence-corrected chi connectivity index (χ3v) is 8.35. The fourth-order valence-electron chi connectivity index (χ4n) is 7.00. The van der Waals surface area contributed by atoms with Gasteiger partial charge in [0.15, 0.2) is 5.78 Å². The van der Waals surface area contributed by atoms with Crippen LogP contribution in [0.4, 0.5) is 0 Å². The molecule has 0 amide bonds.